The summed E-state index contributed by atoms with van der Waals surface area (Å²) in [5.74, 6) is -0.351. The van der Waals surface area contributed by atoms with Crippen LogP contribution in [0.4, 0.5) is 5.82 Å². The van der Waals surface area contributed by atoms with Gasteiger partial charge in [-0.3, -0.25) is 0 Å². The molecule has 0 bridgehead atoms. The fourth-order valence-corrected chi connectivity index (χ4v) is 1.75. The standard InChI is InChI=1S/C10H13N3O2/c1-15-10(14)8-9(11)13-7-5-3-2-4-6(7)12-8/h2-5H2,1H3,(H2,11,13). The highest BCUT2D eigenvalue weighted by atomic mass is 16.5. The van der Waals surface area contributed by atoms with E-state index in [1.165, 1.54) is 7.11 Å². The summed E-state index contributed by atoms with van der Waals surface area (Å²) in [5.41, 5.74) is 7.59. The number of carbonyl (C=O) groups is 1. The molecule has 0 unspecified atom stereocenters. The summed E-state index contributed by atoms with van der Waals surface area (Å²) in [6.07, 6.45) is 3.96. The zero-order valence-electron chi connectivity index (χ0n) is 8.62. The van der Waals surface area contributed by atoms with Gasteiger partial charge in [0.2, 0.25) is 0 Å². The molecule has 0 saturated carbocycles. The van der Waals surface area contributed by atoms with E-state index in [1.807, 2.05) is 0 Å². The number of methoxy groups -OCH3 is 1. The van der Waals surface area contributed by atoms with Crippen LogP contribution in [-0.4, -0.2) is 23.0 Å². The molecule has 0 spiro atoms. The monoisotopic (exact) mass is 207 g/mol. The molecule has 0 fully saturated rings. The maximum atomic E-state index is 11.3. The molecular formula is C10H13N3O2. The number of carbonyl (C=O) groups excluding carboxylic acids is 1. The number of aryl methyl sites for hydroxylation is 2. The molecule has 80 valence electrons. The first-order chi connectivity index (χ1) is 7.22. The van der Waals surface area contributed by atoms with E-state index in [2.05, 4.69) is 14.7 Å². The Balaban J connectivity index is 2.44. The highest BCUT2D eigenvalue weighted by Gasteiger charge is 2.19. The summed E-state index contributed by atoms with van der Waals surface area (Å²) in [5, 5.41) is 0. The first kappa shape index (κ1) is 9.89. The van der Waals surface area contributed by atoms with Crippen molar-refractivity contribution in [2.45, 2.75) is 25.7 Å². The second-order valence-electron chi connectivity index (χ2n) is 3.55. The van der Waals surface area contributed by atoms with Gasteiger partial charge in [0.05, 0.1) is 18.5 Å². The van der Waals surface area contributed by atoms with E-state index >= 15 is 0 Å². The summed E-state index contributed by atoms with van der Waals surface area (Å²) in [6, 6.07) is 0. The highest BCUT2D eigenvalue weighted by Crippen LogP contribution is 2.20. The predicted molar refractivity (Wildman–Crippen MR) is 54.4 cm³/mol. The Kier molecular flexibility index (Phi) is 2.53. The molecule has 1 aliphatic carbocycles. The first-order valence-corrected chi connectivity index (χ1v) is 4.96. The van der Waals surface area contributed by atoms with E-state index in [1.54, 1.807) is 0 Å². The Morgan fingerprint density at radius 3 is 2.47 bits per heavy atom. The number of rotatable bonds is 1. The van der Waals surface area contributed by atoms with Gasteiger partial charge in [-0.1, -0.05) is 0 Å². The van der Waals surface area contributed by atoms with Crippen molar-refractivity contribution in [3.05, 3.63) is 17.1 Å². The lowest BCUT2D eigenvalue weighted by atomic mass is 10.0. The van der Waals surface area contributed by atoms with Crippen molar-refractivity contribution in [1.82, 2.24) is 9.97 Å². The average molecular weight is 207 g/mol. The molecule has 0 aliphatic heterocycles. The number of anilines is 1. The number of fused-ring (bicyclic) bond motifs is 1. The van der Waals surface area contributed by atoms with Gasteiger partial charge < -0.3 is 10.5 Å². The van der Waals surface area contributed by atoms with Crippen molar-refractivity contribution in [2.75, 3.05) is 12.8 Å². The summed E-state index contributed by atoms with van der Waals surface area (Å²) in [4.78, 5) is 19.7. The van der Waals surface area contributed by atoms with Crippen LogP contribution < -0.4 is 5.73 Å². The smallest absolute Gasteiger partial charge is 0.360 e. The number of aromatic nitrogens is 2. The van der Waals surface area contributed by atoms with Gasteiger partial charge in [-0.2, -0.15) is 0 Å². The lowest BCUT2D eigenvalue weighted by molar-refractivity contribution is 0.0594. The maximum absolute atomic E-state index is 11.3. The molecule has 0 radical (unpaired) electrons. The van der Waals surface area contributed by atoms with E-state index in [0.717, 1.165) is 37.1 Å². The van der Waals surface area contributed by atoms with Gasteiger partial charge in [0.15, 0.2) is 11.5 Å². The van der Waals surface area contributed by atoms with Crippen molar-refractivity contribution in [1.29, 1.82) is 0 Å². The van der Waals surface area contributed by atoms with E-state index < -0.39 is 5.97 Å². The van der Waals surface area contributed by atoms with Crippen LogP contribution in [-0.2, 0) is 17.6 Å². The van der Waals surface area contributed by atoms with Gasteiger partial charge in [0.25, 0.3) is 0 Å². The second kappa shape index (κ2) is 3.84. The zero-order chi connectivity index (χ0) is 10.8. The van der Waals surface area contributed by atoms with Gasteiger partial charge in [0, 0.05) is 0 Å². The van der Waals surface area contributed by atoms with Crippen molar-refractivity contribution >= 4 is 11.8 Å². The number of nitrogens with two attached hydrogens (primary N) is 1. The normalized spacial score (nSPS) is 14.5. The van der Waals surface area contributed by atoms with Crippen LogP contribution in [0, 0.1) is 0 Å². The highest BCUT2D eigenvalue weighted by molar-refractivity contribution is 5.91. The summed E-state index contributed by atoms with van der Waals surface area (Å²) in [7, 11) is 1.31. The summed E-state index contributed by atoms with van der Waals surface area (Å²) < 4.78 is 4.59. The van der Waals surface area contributed by atoms with E-state index in [4.69, 9.17) is 5.73 Å². The molecular weight excluding hydrogens is 194 g/mol. The molecule has 0 atom stereocenters. The number of esters is 1. The molecule has 1 aliphatic rings. The molecule has 1 aromatic rings. The topological polar surface area (TPSA) is 78.1 Å². The molecule has 0 saturated heterocycles. The fraction of sp³-hybridized carbons (Fsp3) is 0.500. The molecule has 5 heteroatoms. The molecule has 5 nitrogen and oxygen atoms in total. The van der Waals surface area contributed by atoms with Gasteiger partial charge in [0.1, 0.15) is 0 Å². The third-order valence-electron chi connectivity index (χ3n) is 2.53. The predicted octanol–water partition coefficient (Wildman–Crippen LogP) is 0.724. The van der Waals surface area contributed by atoms with Crippen LogP contribution in [0.1, 0.15) is 34.7 Å². The van der Waals surface area contributed by atoms with Gasteiger partial charge in [-0.25, -0.2) is 14.8 Å². The minimum absolute atomic E-state index is 0.137. The van der Waals surface area contributed by atoms with Crippen LogP contribution in [0.25, 0.3) is 0 Å². The molecule has 2 rings (SSSR count). The molecule has 0 amide bonds. The Bertz CT molecular complexity index is 404. The number of nitrogen functional groups attached to an aromatic ring is 1. The Morgan fingerprint density at radius 1 is 1.27 bits per heavy atom. The third kappa shape index (κ3) is 1.77. The fourth-order valence-electron chi connectivity index (χ4n) is 1.75. The molecule has 15 heavy (non-hydrogen) atoms. The minimum Gasteiger partial charge on any atom is -0.464 e. The van der Waals surface area contributed by atoms with Crippen molar-refractivity contribution in [2.24, 2.45) is 0 Å². The zero-order valence-corrected chi connectivity index (χ0v) is 8.62. The number of hydrogen-bond acceptors (Lipinski definition) is 5. The van der Waals surface area contributed by atoms with Crippen LogP contribution in [0.15, 0.2) is 0 Å². The van der Waals surface area contributed by atoms with Crippen molar-refractivity contribution in [3.63, 3.8) is 0 Å². The Hall–Kier alpha value is -1.65. The summed E-state index contributed by atoms with van der Waals surface area (Å²) in [6.45, 7) is 0. The quantitative estimate of drug-likeness (QED) is 0.686. The molecule has 1 aromatic heterocycles. The molecule has 1 heterocycles. The van der Waals surface area contributed by atoms with E-state index in [9.17, 15) is 4.79 Å². The second-order valence-corrected chi connectivity index (χ2v) is 3.55. The van der Waals surface area contributed by atoms with Crippen molar-refractivity contribution < 1.29 is 9.53 Å². The largest absolute Gasteiger partial charge is 0.464 e. The Morgan fingerprint density at radius 2 is 1.87 bits per heavy atom. The summed E-state index contributed by atoms with van der Waals surface area (Å²) >= 11 is 0. The molecule has 2 N–H and O–H groups in total. The van der Waals surface area contributed by atoms with Gasteiger partial charge in [-0.15, -0.1) is 0 Å². The maximum Gasteiger partial charge on any atom is 0.360 e. The van der Waals surface area contributed by atoms with Crippen LogP contribution in [0.5, 0.6) is 0 Å². The van der Waals surface area contributed by atoms with Crippen LogP contribution in [0.3, 0.4) is 0 Å². The number of nitrogens with zero attached hydrogens (tertiary/aromatic N) is 2. The average Bonchev–Trinajstić information content (AvgIpc) is 2.27. The van der Waals surface area contributed by atoms with Crippen LogP contribution in [0.2, 0.25) is 0 Å². The third-order valence-corrected chi connectivity index (χ3v) is 2.53. The number of hydrogen-bond donors (Lipinski definition) is 1. The molecule has 0 aromatic carbocycles. The van der Waals surface area contributed by atoms with E-state index in [0.29, 0.717) is 0 Å². The SMILES string of the molecule is COC(=O)c1nc2c(nc1N)CCCC2. The van der Waals surface area contributed by atoms with Crippen LogP contribution >= 0.6 is 0 Å². The lowest BCUT2D eigenvalue weighted by Gasteiger charge is -2.15. The van der Waals surface area contributed by atoms with E-state index in [-0.39, 0.29) is 11.5 Å². The first-order valence-electron chi connectivity index (χ1n) is 4.96. The Labute approximate surface area is 87.7 Å². The minimum atomic E-state index is -0.520. The number of ether oxygens (including phenoxy) is 1. The lowest BCUT2D eigenvalue weighted by Crippen LogP contribution is -2.16. The van der Waals surface area contributed by atoms with Crippen molar-refractivity contribution in [3.8, 4) is 0 Å². The van der Waals surface area contributed by atoms with Gasteiger partial charge >= 0.3 is 5.97 Å². The van der Waals surface area contributed by atoms with Gasteiger partial charge in [-0.05, 0) is 25.7 Å².